The van der Waals surface area contributed by atoms with Crippen molar-refractivity contribution < 1.29 is 14.6 Å². The lowest BCUT2D eigenvalue weighted by molar-refractivity contribution is -0.138. The van der Waals surface area contributed by atoms with E-state index in [1.165, 1.54) is 0 Å². The normalized spacial score (nSPS) is 11.9. The summed E-state index contributed by atoms with van der Waals surface area (Å²) in [6.07, 6.45) is 2.75. The van der Waals surface area contributed by atoms with Gasteiger partial charge in [-0.25, -0.2) is 9.78 Å². The Morgan fingerprint density at radius 1 is 1.58 bits per heavy atom. The van der Waals surface area contributed by atoms with Gasteiger partial charge in [0, 0.05) is 34.0 Å². The highest BCUT2D eigenvalue weighted by molar-refractivity contribution is 5.76. The van der Waals surface area contributed by atoms with Crippen LogP contribution in [0.15, 0.2) is 12.3 Å². The molecular weight excluding hydrogens is 248 g/mol. The highest BCUT2D eigenvalue weighted by Gasteiger charge is 2.17. The van der Waals surface area contributed by atoms with Gasteiger partial charge < -0.3 is 20.1 Å². The molecule has 0 spiro atoms. The monoisotopic (exact) mass is 268 g/mol. The van der Waals surface area contributed by atoms with E-state index in [1.54, 1.807) is 24.3 Å². The third-order valence-electron chi connectivity index (χ3n) is 2.50. The Morgan fingerprint density at radius 3 is 2.89 bits per heavy atom. The van der Waals surface area contributed by atoms with Crippen molar-refractivity contribution in [1.29, 1.82) is 0 Å². The number of hydrogen-bond acceptors (Lipinski definition) is 6. The molecule has 0 fully saturated rings. The van der Waals surface area contributed by atoms with Crippen LogP contribution in [0.25, 0.3) is 0 Å². The second-order valence-corrected chi connectivity index (χ2v) is 4.31. The number of aromatic nitrogens is 2. The molecule has 0 amide bonds. The van der Waals surface area contributed by atoms with Crippen molar-refractivity contribution in [3.63, 3.8) is 0 Å². The van der Waals surface area contributed by atoms with Crippen LogP contribution in [0.3, 0.4) is 0 Å². The maximum atomic E-state index is 11.2. The molecular formula is C12H20N4O3. The first-order valence-electron chi connectivity index (χ1n) is 6.03. The van der Waals surface area contributed by atoms with E-state index in [-0.39, 0.29) is 0 Å². The van der Waals surface area contributed by atoms with Crippen LogP contribution in [-0.4, -0.2) is 54.9 Å². The number of rotatable bonds is 8. The Labute approximate surface area is 112 Å². The van der Waals surface area contributed by atoms with Crippen molar-refractivity contribution >= 4 is 17.7 Å². The smallest absolute Gasteiger partial charge is 0.326 e. The topological polar surface area (TPSA) is 87.6 Å². The predicted octanol–water partition coefficient (Wildman–Crippen LogP) is 0.834. The summed E-state index contributed by atoms with van der Waals surface area (Å²) in [6, 6.07) is 0.972. The zero-order chi connectivity index (χ0) is 14.3. The van der Waals surface area contributed by atoms with Crippen molar-refractivity contribution in [2.75, 3.05) is 38.0 Å². The minimum absolute atomic E-state index is 0.477. The van der Waals surface area contributed by atoms with E-state index in [1.807, 2.05) is 14.1 Å². The SMILES string of the molecule is COCCCC(Nc1ccnc(N(C)C)n1)C(=O)O. The first-order valence-corrected chi connectivity index (χ1v) is 6.03. The number of ether oxygens (including phenoxy) is 1. The molecule has 0 saturated heterocycles. The molecule has 106 valence electrons. The number of nitrogens with zero attached hydrogens (tertiary/aromatic N) is 3. The van der Waals surface area contributed by atoms with E-state index in [2.05, 4.69) is 15.3 Å². The zero-order valence-corrected chi connectivity index (χ0v) is 11.5. The maximum Gasteiger partial charge on any atom is 0.326 e. The highest BCUT2D eigenvalue weighted by Crippen LogP contribution is 2.11. The van der Waals surface area contributed by atoms with Crippen molar-refractivity contribution in [1.82, 2.24) is 9.97 Å². The Morgan fingerprint density at radius 2 is 2.32 bits per heavy atom. The molecule has 1 atom stereocenters. The molecule has 1 aromatic heterocycles. The molecule has 0 bridgehead atoms. The average molecular weight is 268 g/mol. The molecule has 1 heterocycles. The fourth-order valence-electron chi connectivity index (χ4n) is 1.51. The molecule has 0 saturated carbocycles. The van der Waals surface area contributed by atoms with Gasteiger partial charge in [0.25, 0.3) is 0 Å². The lowest BCUT2D eigenvalue weighted by Crippen LogP contribution is -2.30. The van der Waals surface area contributed by atoms with Gasteiger partial charge in [-0.1, -0.05) is 0 Å². The summed E-state index contributed by atoms with van der Waals surface area (Å²) in [5.74, 6) is 0.135. The summed E-state index contributed by atoms with van der Waals surface area (Å²) >= 11 is 0. The molecule has 2 N–H and O–H groups in total. The van der Waals surface area contributed by atoms with Crippen LogP contribution in [0, 0.1) is 0 Å². The van der Waals surface area contributed by atoms with Crippen LogP contribution in [0.5, 0.6) is 0 Å². The number of anilines is 2. The fraction of sp³-hybridized carbons (Fsp3) is 0.583. The molecule has 7 nitrogen and oxygen atoms in total. The highest BCUT2D eigenvalue weighted by atomic mass is 16.5. The van der Waals surface area contributed by atoms with Gasteiger partial charge in [0.2, 0.25) is 5.95 Å². The van der Waals surface area contributed by atoms with Gasteiger partial charge in [0.15, 0.2) is 0 Å². The standard InChI is InChI=1S/C12H20N4O3/c1-16(2)12-13-7-6-10(15-12)14-9(11(17)18)5-4-8-19-3/h6-7,9H,4-5,8H2,1-3H3,(H,17,18)(H,13,14,15). The van der Waals surface area contributed by atoms with Gasteiger partial charge in [-0.05, 0) is 18.9 Å². The van der Waals surface area contributed by atoms with Gasteiger partial charge in [-0.3, -0.25) is 0 Å². The molecule has 0 aromatic carbocycles. The second kappa shape index (κ2) is 7.52. The molecule has 0 aliphatic carbocycles. The van der Waals surface area contributed by atoms with Gasteiger partial charge in [0.1, 0.15) is 11.9 Å². The molecule has 1 rings (SSSR count). The lowest BCUT2D eigenvalue weighted by atomic mass is 10.1. The number of carboxylic acid groups (broad SMARTS) is 1. The van der Waals surface area contributed by atoms with Crippen LogP contribution in [0.2, 0.25) is 0 Å². The Kier molecular flexibility index (Phi) is 6.01. The third-order valence-corrected chi connectivity index (χ3v) is 2.50. The summed E-state index contributed by atoms with van der Waals surface area (Å²) in [4.78, 5) is 21.2. The van der Waals surface area contributed by atoms with Crippen LogP contribution >= 0.6 is 0 Å². The average Bonchev–Trinajstić information content (AvgIpc) is 2.38. The second-order valence-electron chi connectivity index (χ2n) is 4.31. The number of nitrogens with one attached hydrogen (secondary N) is 1. The van der Waals surface area contributed by atoms with Gasteiger partial charge in [0.05, 0.1) is 0 Å². The largest absolute Gasteiger partial charge is 0.480 e. The minimum Gasteiger partial charge on any atom is -0.480 e. The Balaban J connectivity index is 2.67. The molecule has 0 aliphatic rings. The molecule has 0 aliphatic heterocycles. The van der Waals surface area contributed by atoms with Gasteiger partial charge >= 0.3 is 5.97 Å². The lowest BCUT2D eigenvalue weighted by Gasteiger charge is -2.16. The number of carbonyl (C=O) groups is 1. The van der Waals surface area contributed by atoms with Crippen LogP contribution in [0.1, 0.15) is 12.8 Å². The number of methoxy groups -OCH3 is 1. The van der Waals surface area contributed by atoms with Crippen molar-refractivity contribution in [3.05, 3.63) is 12.3 Å². The molecule has 19 heavy (non-hydrogen) atoms. The Bertz CT molecular complexity index is 412. The zero-order valence-electron chi connectivity index (χ0n) is 11.5. The van der Waals surface area contributed by atoms with E-state index in [0.29, 0.717) is 31.2 Å². The van der Waals surface area contributed by atoms with Gasteiger partial charge in [-0.15, -0.1) is 0 Å². The summed E-state index contributed by atoms with van der Waals surface area (Å²) in [5, 5.41) is 12.1. The quantitative estimate of drug-likeness (QED) is 0.675. The first kappa shape index (κ1) is 15.2. The third kappa shape index (κ3) is 5.09. The van der Waals surface area contributed by atoms with Crippen LogP contribution in [-0.2, 0) is 9.53 Å². The van der Waals surface area contributed by atoms with Gasteiger partial charge in [-0.2, -0.15) is 4.98 Å². The van der Waals surface area contributed by atoms with Crippen LogP contribution < -0.4 is 10.2 Å². The van der Waals surface area contributed by atoms with E-state index >= 15 is 0 Å². The summed E-state index contributed by atoms with van der Waals surface area (Å²) in [7, 11) is 5.25. The van der Waals surface area contributed by atoms with E-state index in [4.69, 9.17) is 9.84 Å². The number of carboxylic acids is 1. The fourth-order valence-corrected chi connectivity index (χ4v) is 1.51. The van der Waals surface area contributed by atoms with E-state index in [9.17, 15) is 4.79 Å². The molecule has 0 radical (unpaired) electrons. The summed E-state index contributed by atoms with van der Waals surface area (Å²) in [6.45, 7) is 0.540. The summed E-state index contributed by atoms with van der Waals surface area (Å²) < 4.78 is 4.92. The maximum absolute atomic E-state index is 11.2. The van der Waals surface area contributed by atoms with E-state index in [0.717, 1.165) is 0 Å². The van der Waals surface area contributed by atoms with Crippen LogP contribution in [0.4, 0.5) is 11.8 Å². The van der Waals surface area contributed by atoms with Crippen molar-refractivity contribution in [2.24, 2.45) is 0 Å². The van der Waals surface area contributed by atoms with E-state index < -0.39 is 12.0 Å². The number of aliphatic carboxylic acids is 1. The molecule has 7 heteroatoms. The molecule has 1 aromatic rings. The number of hydrogen-bond donors (Lipinski definition) is 2. The Hall–Kier alpha value is -1.89. The molecule has 1 unspecified atom stereocenters. The van der Waals surface area contributed by atoms with Crippen molar-refractivity contribution in [2.45, 2.75) is 18.9 Å². The summed E-state index contributed by atoms with van der Waals surface area (Å²) in [5.41, 5.74) is 0. The predicted molar refractivity (Wildman–Crippen MR) is 72.5 cm³/mol. The minimum atomic E-state index is -0.902. The first-order chi connectivity index (χ1) is 9.04. The van der Waals surface area contributed by atoms with Crippen molar-refractivity contribution in [3.8, 4) is 0 Å².